The Labute approximate surface area is 122 Å². The van der Waals surface area contributed by atoms with Gasteiger partial charge in [-0.25, -0.2) is 8.42 Å². The second kappa shape index (κ2) is 7.24. The van der Waals surface area contributed by atoms with Gasteiger partial charge in [0, 0.05) is 25.2 Å². The van der Waals surface area contributed by atoms with Gasteiger partial charge in [-0.05, 0) is 26.8 Å². The summed E-state index contributed by atoms with van der Waals surface area (Å²) in [6.07, 6.45) is 1.01. The number of nitrogens with zero attached hydrogens (tertiary/aromatic N) is 1. The van der Waals surface area contributed by atoms with Crippen LogP contribution in [0, 0.1) is 13.8 Å². The van der Waals surface area contributed by atoms with Gasteiger partial charge in [0.15, 0.2) is 0 Å². The Kier molecular flexibility index (Phi) is 6.23. The second-order valence-corrected chi connectivity index (χ2v) is 6.66. The minimum absolute atomic E-state index is 0.335. The molecule has 0 unspecified atom stereocenters. The molecule has 20 heavy (non-hydrogen) atoms. The summed E-state index contributed by atoms with van der Waals surface area (Å²) in [6.45, 7) is 11.6. The van der Waals surface area contributed by atoms with Crippen LogP contribution in [0.1, 0.15) is 44.3 Å². The zero-order valence-electron chi connectivity index (χ0n) is 13.1. The number of nitrogens with one attached hydrogen (secondary N) is 1. The van der Waals surface area contributed by atoms with E-state index in [0.29, 0.717) is 36.1 Å². The van der Waals surface area contributed by atoms with E-state index >= 15 is 0 Å². The molecule has 116 valence electrons. The molecule has 0 aromatic carbocycles. The van der Waals surface area contributed by atoms with Crippen LogP contribution in [0.2, 0.25) is 0 Å². The van der Waals surface area contributed by atoms with Crippen molar-refractivity contribution >= 4 is 10.0 Å². The van der Waals surface area contributed by atoms with Crippen molar-refractivity contribution in [3.63, 3.8) is 0 Å². The van der Waals surface area contributed by atoms with Crippen LogP contribution in [0.3, 0.4) is 0 Å². The topological polar surface area (TPSA) is 62.6 Å². The molecule has 6 heteroatoms. The third-order valence-electron chi connectivity index (χ3n) is 3.36. The quantitative estimate of drug-likeness (QED) is 0.749. The summed E-state index contributed by atoms with van der Waals surface area (Å²) in [7, 11) is -3.48. The molecular formula is C14H26N2O3S. The van der Waals surface area contributed by atoms with Crippen LogP contribution in [-0.4, -0.2) is 32.4 Å². The first-order valence-electron chi connectivity index (χ1n) is 7.19. The number of aryl methyl sites for hydroxylation is 2. The van der Waals surface area contributed by atoms with Crippen LogP contribution in [0.5, 0.6) is 0 Å². The summed E-state index contributed by atoms with van der Waals surface area (Å²) < 4.78 is 32.5. The fourth-order valence-corrected chi connectivity index (χ4v) is 4.21. The maximum absolute atomic E-state index is 12.7. The lowest BCUT2D eigenvalue weighted by Crippen LogP contribution is -2.32. The van der Waals surface area contributed by atoms with Crippen molar-refractivity contribution in [3.8, 4) is 0 Å². The first-order chi connectivity index (χ1) is 9.39. The first-order valence-corrected chi connectivity index (χ1v) is 8.63. The van der Waals surface area contributed by atoms with Crippen LogP contribution < -0.4 is 5.32 Å². The van der Waals surface area contributed by atoms with Crippen molar-refractivity contribution in [2.24, 2.45) is 0 Å². The van der Waals surface area contributed by atoms with Gasteiger partial charge in [-0.2, -0.15) is 4.31 Å². The Morgan fingerprint density at radius 2 is 1.70 bits per heavy atom. The van der Waals surface area contributed by atoms with Crippen molar-refractivity contribution in [2.75, 3.05) is 19.6 Å². The minimum atomic E-state index is -3.48. The highest BCUT2D eigenvalue weighted by Crippen LogP contribution is 2.29. The number of hydrogen-bond donors (Lipinski definition) is 1. The number of sulfonamides is 1. The van der Waals surface area contributed by atoms with E-state index in [1.807, 2.05) is 20.8 Å². The Morgan fingerprint density at radius 3 is 2.20 bits per heavy atom. The van der Waals surface area contributed by atoms with E-state index in [0.717, 1.165) is 18.5 Å². The molecule has 0 fully saturated rings. The molecule has 0 aliphatic heterocycles. The molecule has 1 N–H and O–H groups in total. The van der Waals surface area contributed by atoms with Crippen LogP contribution in [-0.2, 0) is 16.6 Å². The van der Waals surface area contributed by atoms with Crippen molar-refractivity contribution in [1.82, 2.24) is 9.62 Å². The third kappa shape index (κ3) is 3.42. The largest absolute Gasteiger partial charge is 0.465 e. The Bertz CT molecular complexity index is 531. The number of furan rings is 1. The Hall–Kier alpha value is -0.850. The van der Waals surface area contributed by atoms with E-state index in [1.54, 1.807) is 6.92 Å². The smallest absolute Gasteiger partial charge is 0.246 e. The highest BCUT2D eigenvalue weighted by atomic mass is 32.2. The molecule has 0 saturated heterocycles. The molecule has 1 aromatic rings. The first kappa shape index (κ1) is 17.2. The highest BCUT2D eigenvalue weighted by Gasteiger charge is 2.30. The third-order valence-corrected chi connectivity index (χ3v) is 5.60. The van der Waals surface area contributed by atoms with Gasteiger partial charge in [0.1, 0.15) is 16.4 Å². The van der Waals surface area contributed by atoms with Crippen LogP contribution in [0.4, 0.5) is 0 Å². The van der Waals surface area contributed by atoms with Crippen molar-refractivity contribution in [1.29, 1.82) is 0 Å². The SMILES string of the molecule is CCCNCc1c(C)oc(C)c1S(=O)(=O)N(CC)CC. The average Bonchev–Trinajstić information content (AvgIpc) is 2.66. The molecule has 0 aliphatic carbocycles. The molecule has 1 heterocycles. The van der Waals surface area contributed by atoms with Gasteiger partial charge in [0.05, 0.1) is 0 Å². The summed E-state index contributed by atoms with van der Waals surface area (Å²) in [6, 6.07) is 0. The van der Waals surface area contributed by atoms with Gasteiger partial charge in [0.2, 0.25) is 10.0 Å². The molecule has 1 rings (SSSR count). The number of rotatable bonds is 8. The monoisotopic (exact) mass is 302 g/mol. The average molecular weight is 302 g/mol. The van der Waals surface area contributed by atoms with Gasteiger partial charge in [-0.3, -0.25) is 0 Å². The van der Waals surface area contributed by atoms with Gasteiger partial charge in [-0.15, -0.1) is 0 Å². The van der Waals surface area contributed by atoms with Crippen molar-refractivity contribution in [3.05, 3.63) is 17.1 Å². The van der Waals surface area contributed by atoms with Crippen LogP contribution in [0.15, 0.2) is 9.31 Å². The summed E-state index contributed by atoms with van der Waals surface area (Å²) in [5, 5.41) is 3.25. The summed E-state index contributed by atoms with van der Waals surface area (Å²) >= 11 is 0. The normalized spacial score (nSPS) is 12.3. The van der Waals surface area contributed by atoms with E-state index in [1.165, 1.54) is 4.31 Å². The van der Waals surface area contributed by atoms with E-state index < -0.39 is 10.0 Å². The molecule has 0 atom stereocenters. The van der Waals surface area contributed by atoms with Crippen LogP contribution in [0.25, 0.3) is 0 Å². The van der Waals surface area contributed by atoms with E-state index in [-0.39, 0.29) is 0 Å². The maximum atomic E-state index is 12.7. The highest BCUT2D eigenvalue weighted by molar-refractivity contribution is 7.89. The second-order valence-electron chi connectivity index (χ2n) is 4.79. The maximum Gasteiger partial charge on any atom is 0.246 e. The van der Waals surface area contributed by atoms with Gasteiger partial charge in [-0.1, -0.05) is 20.8 Å². The van der Waals surface area contributed by atoms with Crippen molar-refractivity contribution < 1.29 is 12.8 Å². The fraction of sp³-hybridized carbons (Fsp3) is 0.714. The molecule has 0 bridgehead atoms. The molecule has 0 radical (unpaired) electrons. The summed E-state index contributed by atoms with van der Waals surface area (Å²) in [4.78, 5) is 0.335. The fourth-order valence-electron chi connectivity index (χ4n) is 2.33. The molecular weight excluding hydrogens is 276 g/mol. The molecule has 0 saturated carbocycles. The predicted molar refractivity (Wildman–Crippen MR) is 80.3 cm³/mol. The molecule has 0 spiro atoms. The molecule has 0 amide bonds. The zero-order chi connectivity index (χ0) is 15.3. The number of hydrogen-bond acceptors (Lipinski definition) is 4. The molecule has 1 aromatic heterocycles. The summed E-state index contributed by atoms with van der Waals surface area (Å²) in [5.74, 6) is 1.15. The van der Waals surface area contributed by atoms with E-state index in [4.69, 9.17) is 4.42 Å². The van der Waals surface area contributed by atoms with Crippen LogP contribution >= 0.6 is 0 Å². The lowest BCUT2D eigenvalue weighted by atomic mass is 10.2. The van der Waals surface area contributed by atoms with Gasteiger partial charge < -0.3 is 9.73 Å². The van der Waals surface area contributed by atoms with E-state index in [2.05, 4.69) is 12.2 Å². The minimum Gasteiger partial charge on any atom is -0.465 e. The lowest BCUT2D eigenvalue weighted by molar-refractivity contribution is 0.440. The molecule has 5 nitrogen and oxygen atoms in total. The predicted octanol–water partition coefficient (Wildman–Crippen LogP) is 2.43. The van der Waals surface area contributed by atoms with Gasteiger partial charge in [0.25, 0.3) is 0 Å². The lowest BCUT2D eigenvalue weighted by Gasteiger charge is -2.19. The molecule has 0 aliphatic rings. The zero-order valence-corrected chi connectivity index (χ0v) is 13.9. The Balaban J connectivity index is 3.22. The van der Waals surface area contributed by atoms with Gasteiger partial charge >= 0.3 is 0 Å². The Morgan fingerprint density at radius 1 is 1.10 bits per heavy atom. The summed E-state index contributed by atoms with van der Waals surface area (Å²) in [5.41, 5.74) is 0.753. The van der Waals surface area contributed by atoms with E-state index in [9.17, 15) is 8.42 Å². The standard InChI is InChI=1S/C14H26N2O3S/c1-6-9-15-10-13-11(4)19-12(5)14(13)20(17,18)16(7-2)8-3/h15H,6-10H2,1-5H3. The van der Waals surface area contributed by atoms with Crippen molar-refractivity contribution in [2.45, 2.75) is 52.5 Å².